The maximum Gasteiger partial charge on any atom is 0.0998 e. The van der Waals surface area contributed by atoms with Crippen LogP contribution in [0.15, 0.2) is 29.3 Å². The molecule has 0 bridgehead atoms. The molecule has 2 nitrogen and oxygen atoms in total. The van der Waals surface area contributed by atoms with E-state index in [2.05, 4.69) is 11.1 Å². The van der Waals surface area contributed by atoms with Gasteiger partial charge in [0.25, 0.3) is 0 Å². The zero-order valence-electron chi connectivity index (χ0n) is 9.39. The fourth-order valence-corrected chi connectivity index (χ4v) is 2.13. The zero-order valence-corrected chi connectivity index (χ0v) is 9.39. The molecule has 0 unspecified atom stereocenters. The van der Waals surface area contributed by atoms with Crippen LogP contribution in [0, 0.1) is 11.3 Å². The van der Waals surface area contributed by atoms with Gasteiger partial charge in [-0.05, 0) is 18.9 Å². The Morgan fingerprint density at radius 2 is 1.94 bits per heavy atom. The van der Waals surface area contributed by atoms with Gasteiger partial charge < -0.3 is 0 Å². The van der Waals surface area contributed by atoms with Crippen LogP contribution in [0.25, 0.3) is 0 Å². The quantitative estimate of drug-likeness (QED) is 0.693. The molecule has 1 aromatic rings. The standard InChI is InChI=1S/C14H16N2/c15-10-12-6-4-5-7-13(12)11-16-14-8-2-1-3-9-14/h4-7,11,14H,1-3,8-9H2/b16-11+. The molecular weight excluding hydrogens is 196 g/mol. The monoisotopic (exact) mass is 212 g/mol. The number of hydrogen-bond donors (Lipinski definition) is 0. The van der Waals surface area contributed by atoms with Gasteiger partial charge in [-0.3, -0.25) is 4.99 Å². The van der Waals surface area contributed by atoms with E-state index < -0.39 is 0 Å². The van der Waals surface area contributed by atoms with Crippen molar-refractivity contribution in [2.75, 3.05) is 0 Å². The third kappa shape index (κ3) is 2.70. The molecule has 0 saturated heterocycles. The van der Waals surface area contributed by atoms with Crippen LogP contribution in [0.5, 0.6) is 0 Å². The van der Waals surface area contributed by atoms with E-state index in [9.17, 15) is 0 Å². The van der Waals surface area contributed by atoms with Gasteiger partial charge in [0.1, 0.15) is 0 Å². The number of benzene rings is 1. The Hall–Kier alpha value is -1.62. The molecular formula is C14H16N2. The Balaban J connectivity index is 2.07. The number of aliphatic imine (C=N–C) groups is 1. The Kier molecular flexibility index (Phi) is 3.71. The number of rotatable bonds is 2. The summed E-state index contributed by atoms with van der Waals surface area (Å²) in [6, 6.07) is 10.3. The van der Waals surface area contributed by atoms with Gasteiger partial charge in [0.05, 0.1) is 11.6 Å². The van der Waals surface area contributed by atoms with Crippen LogP contribution >= 0.6 is 0 Å². The molecule has 0 aliphatic heterocycles. The summed E-state index contributed by atoms with van der Waals surface area (Å²) in [5, 5.41) is 8.94. The molecule has 2 rings (SSSR count). The normalized spacial score (nSPS) is 17.4. The highest BCUT2D eigenvalue weighted by Crippen LogP contribution is 2.20. The van der Waals surface area contributed by atoms with Gasteiger partial charge in [0, 0.05) is 17.8 Å². The lowest BCUT2D eigenvalue weighted by Gasteiger charge is -2.17. The predicted molar refractivity (Wildman–Crippen MR) is 65.6 cm³/mol. The van der Waals surface area contributed by atoms with Crippen LogP contribution in [-0.2, 0) is 0 Å². The highest BCUT2D eigenvalue weighted by atomic mass is 14.8. The zero-order chi connectivity index (χ0) is 11.2. The lowest BCUT2D eigenvalue weighted by molar-refractivity contribution is 0.444. The molecule has 1 aromatic carbocycles. The first-order valence-electron chi connectivity index (χ1n) is 5.92. The molecule has 0 amide bonds. The van der Waals surface area contributed by atoms with E-state index in [0.717, 1.165) is 5.56 Å². The molecule has 0 spiro atoms. The Morgan fingerprint density at radius 1 is 1.19 bits per heavy atom. The molecule has 82 valence electrons. The second-order valence-corrected chi connectivity index (χ2v) is 4.27. The topological polar surface area (TPSA) is 36.1 Å². The molecule has 0 N–H and O–H groups in total. The molecule has 0 aromatic heterocycles. The minimum absolute atomic E-state index is 0.473. The van der Waals surface area contributed by atoms with Crippen LogP contribution in [0.4, 0.5) is 0 Å². The van der Waals surface area contributed by atoms with Crippen LogP contribution in [0.3, 0.4) is 0 Å². The van der Waals surface area contributed by atoms with Crippen molar-refractivity contribution in [3.63, 3.8) is 0 Å². The van der Waals surface area contributed by atoms with Crippen molar-refractivity contribution >= 4 is 6.21 Å². The predicted octanol–water partition coefficient (Wildman–Crippen LogP) is 3.31. The summed E-state index contributed by atoms with van der Waals surface area (Å²) in [7, 11) is 0. The van der Waals surface area contributed by atoms with E-state index in [0.29, 0.717) is 11.6 Å². The third-order valence-corrected chi connectivity index (χ3v) is 3.08. The average molecular weight is 212 g/mol. The molecule has 0 atom stereocenters. The molecule has 0 heterocycles. The van der Waals surface area contributed by atoms with Gasteiger partial charge in [-0.2, -0.15) is 5.26 Å². The van der Waals surface area contributed by atoms with Crippen LogP contribution in [-0.4, -0.2) is 12.3 Å². The molecule has 0 radical (unpaired) electrons. The molecule has 1 saturated carbocycles. The molecule has 16 heavy (non-hydrogen) atoms. The van der Waals surface area contributed by atoms with Gasteiger partial charge in [-0.15, -0.1) is 0 Å². The first-order chi connectivity index (χ1) is 7.90. The first-order valence-corrected chi connectivity index (χ1v) is 5.92. The van der Waals surface area contributed by atoms with E-state index in [1.54, 1.807) is 0 Å². The lowest BCUT2D eigenvalue weighted by Crippen LogP contribution is -2.09. The molecule has 2 heteroatoms. The maximum atomic E-state index is 8.94. The summed E-state index contributed by atoms with van der Waals surface area (Å²) in [5.74, 6) is 0. The van der Waals surface area contributed by atoms with E-state index in [1.807, 2.05) is 30.5 Å². The van der Waals surface area contributed by atoms with E-state index in [-0.39, 0.29) is 0 Å². The summed E-state index contributed by atoms with van der Waals surface area (Å²) >= 11 is 0. The Labute approximate surface area is 96.6 Å². The van der Waals surface area contributed by atoms with Crippen molar-refractivity contribution < 1.29 is 0 Å². The van der Waals surface area contributed by atoms with E-state index in [1.165, 1.54) is 32.1 Å². The van der Waals surface area contributed by atoms with Gasteiger partial charge >= 0.3 is 0 Å². The third-order valence-electron chi connectivity index (χ3n) is 3.08. The van der Waals surface area contributed by atoms with Crippen LogP contribution < -0.4 is 0 Å². The van der Waals surface area contributed by atoms with Gasteiger partial charge in [-0.25, -0.2) is 0 Å². The van der Waals surface area contributed by atoms with Crippen molar-refractivity contribution in [2.24, 2.45) is 4.99 Å². The van der Waals surface area contributed by atoms with Crippen molar-refractivity contribution in [3.8, 4) is 6.07 Å². The fraction of sp³-hybridized carbons (Fsp3) is 0.429. The summed E-state index contributed by atoms with van der Waals surface area (Å²) in [6.07, 6.45) is 8.20. The number of hydrogen-bond acceptors (Lipinski definition) is 2. The maximum absolute atomic E-state index is 8.94. The second kappa shape index (κ2) is 5.46. The average Bonchev–Trinajstić information content (AvgIpc) is 2.38. The largest absolute Gasteiger partial charge is 0.289 e. The van der Waals surface area contributed by atoms with Crippen molar-refractivity contribution in [1.29, 1.82) is 5.26 Å². The van der Waals surface area contributed by atoms with Gasteiger partial charge in [-0.1, -0.05) is 37.5 Å². The molecule has 1 fully saturated rings. The Morgan fingerprint density at radius 3 is 2.69 bits per heavy atom. The summed E-state index contributed by atoms with van der Waals surface area (Å²) in [5.41, 5.74) is 1.65. The van der Waals surface area contributed by atoms with Crippen molar-refractivity contribution in [1.82, 2.24) is 0 Å². The van der Waals surface area contributed by atoms with Crippen LogP contribution in [0.2, 0.25) is 0 Å². The van der Waals surface area contributed by atoms with Gasteiger partial charge in [0.2, 0.25) is 0 Å². The smallest absolute Gasteiger partial charge is 0.0998 e. The van der Waals surface area contributed by atoms with Crippen LogP contribution in [0.1, 0.15) is 43.2 Å². The number of nitrogens with zero attached hydrogens (tertiary/aromatic N) is 2. The molecule has 1 aliphatic rings. The minimum Gasteiger partial charge on any atom is -0.289 e. The minimum atomic E-state index is 0.473. The highest BCUT2D eigenvalue weighted by Gasteiger charge is 2.10. The molecule has 1 aliphatic carbocycles. The first kappa shape index (κ1) is 10.9. The lowest BCUT2D eigenvalue weighted by atomic mass is 9.96. The second-order valence-electron chi connectivity index (χ2n) is 4.27. The highest BCUT2D eigenvalue weighted by molar-refractivity contribution is 5.83. The summed E-state index contributed by atoms with van der Waals surface area (Å²) in [6.45, 7) is 0. The summed E-state index contributed by atoms with van der Waals surface area (Å²) < 4.78 is 0. The fourth-order valence-electron chi connectivity index (χ4n) is 2.13. The van der Waals surface area contributed by atoms with Crippen molar-refractivity contribution in [3.05, 3.63) is 35.4 Å². The SMILES string of the molecule is N#Cc1ccccc1/C=N/C1CCCCC1. The van der Waals surface area contributed by atoms with Gasteiger partial charge in [0.15, 0.2) is 0 Å². The Bertz CT molecular complexity index is 409. The van der Waals surface area contributed by atoms with E-state index >= 15 is 0 Å². The van der Waals surface area contributed by atoms with Crippen molar-refractivity contribution in [2.45, 2.75) is 38.1 Å². The number of nitriles is 1. The summed E-state index contributed by atoms with van der Waals surface area (Å²) in [4.78, 5) is 4.59. The van der Waals surface area contributed by atoms with E-state index in [4.69, 9.17) is 5.26 Å².